The molecule has 18 aromatic rings. The van der Waals surface area contributed by atoms with E-state index in [2.05, 4.69) is 420 Å². The van der Waals surface area contributed by atoms with Crippen LogP contribution in [0.5, 0.6) is 0 Å². The molecule has 0 radical (unpaired) electrons. The average molecular weight is 1340 g/mol. The van der Waals surface area contributed by atoms with Crippen molar-refractivity contribution in [2.45, 2.75) is 0 Å². The van der Waals surface area contributed by atoms with E-state index in [9.17, 15) is 0 Å². The number of hydrogen-bond donors (Lipinski definition) is 0. The first-order valence-electron chi connectivity index (χ1n) is 34.6. The molecule has 0 aliphatic rings. The number of para-hydroxylation sites is 4. The molecule has 0 unspecified atom stereocenters. The van der Waals surface area contributed by atoms with Crippen molar-refractivity contribution in [1.29, 1.82) is 0 Å². The molecule has 4 nitrogen and oxygen atoms in total. The summed E-state index contributed by atoms with van der Waals surface area (Å²) in [6.45, 7) is 0. The minimum Gasteiger partial charge on any atom is -0.311 e. The Bertz CT molecular complexity index is 5550. The molecular weight excluding hydrogens is 1270 g/mol. The normalized spacial score (nSPS) is 11.3. The average Bonchev–Trinajstić information content (AvgIpc) is 1.56. The lowest BCUT2D eigenvalue weighted by atomic mass is 10.0. The lowest BCUT2D eigenvalue weighted by Crippen LogP contribution is -2.10. The van der Waals surface area contributed by atoms with Crippen LogP contribution in [0, 0.1) is 0 Å². The summed E-state index contributed by atoms with van der Waals surface area (Å²) in [4.78, 5) is 9.34. The summed E-state index contributed by atoms with van der Waals surface area (Å²) in [6, 6.07) is 145. The van der Waals surface area contributed by atoms with Gasteiger partial charge in [-0.05, 0) is 213 Å². The van der Waals surface area contributed by atoms with Gasteiger partial charge in [-0.2, -0.15) is 0 Å². The predicted molar refractivity (Wildman–Crippen MR) is 438 cm³/mol. The zero-order valence-electron chi connectivity index (χ0n) is 55.7. The second-order valence-electron chi connectivity index (χ2n) is 25.6. The zero-order chi connectivity index (χ0) is 67.7. The molecule has 102 heavy (non-hydrogen) atoms. The lowest BCUT2D eigenvalue weighted by Gasteiger charge is -2.27. The largest absolute Gasteiger partial charge is 0.311 e. The third-order valence-corrected chi connectivity index (χ3v) is 21.9. The first-order chi connectivity index (χ1) is 50.6. The van der Waals surface area contributed by atoms with E-state index >= 15 is 0 Å². The summed E-state index contributed by atoms with van der Waals surface area (Å²) in [5.74, 6) is 0. The van der Waals surface area contributed by atoms with Gasteiger partial charge < -0.3 is 19.6 Å². The van der Waals surface area contributed by atoms with Crippen molar-refractivity contribution < 1.29 is 0 Å². The second kappa shape index (κ2) is 27.1. The van der Waals surface area contributed by atoms with Crippen LogP contribution >= 0.6 is 22.7 Å². The third kappa shape index (κ3) is 11.9. The smallest absolute Gasteiger partial charge is 0.0462 e. The Morgan fingerprint density at radius 1 is 0.137 bits per heavy atom. The first kappa shape index (κ1) is 61.5. The maximum atomic E-state index is 2.34. The standard InChI is InChI=1S/C96H66N4S2/c1-5-19-75(20-6-1)97(81-55-39-69(40-56-81)71-43-59-83(60-44-71)99(77-23-9-3-10-24-77)85-63-47-73(48-64-85)87-29-17-31-91-89-27-13-15-33-93(89)101-95(87)91)79-51-35-67(36-52-79)68-37-53-80(54-38-68)98(76-21-7-2-8-22-76)82-57-41-70(42-58-82)72-45-61-84(62-46-72)100(78-25-11-4-12-26-78)86-65-49-74(50-66-86)88-30-18-32-92-90-28-14-16-34-94(90)102-96(88)92/h1-66H. The van der Waals surface area contributed by atoms with E-state index in [0.717, 1.165) is 102 Å². The molecule has 0 bridgehead atoms. The van der Waals surface area contributed by atoms with Crippen LogP contribution in [0.25, 0.3) is 96.0 Å². The summed E-state index contributed by atoms with van der Waals surface area (Å²) in [7, 11) is 0. The highest BCUT2D eigenvalue weighted by molar-refractivity contribution is 7.26. The van der Waals surface area contributed by atoms with Gasteiger partial charge in [0, 0.05) is 109 Å². The number of benzene rings is 16. The molecule has 0 fully saturated rings. The summed E-state index contributed by atoms with van der Waals surface area (Å²) in [5, 5.41) is 5.25. The van der Waals surface area contributed by atoms with Gasteiger partial charge in [-0.15, -0.1) is 22.7 Å². The Morgan fingerprint density at radius 3 is 0.559 bits per heavy atom. The Labute approximate surface area is 602 Å². The molecule has 0 amide bonds. The summed E-state index contributed by atoms with van der Waals surface area (Å²) in [6.07, 6.45) is 0. The van der Waals surface area contributed by atoms with Crippen LogP contribution in [0.2, 0.25) is 0 Å². The quantitative estimate of drug-likeness (QED) is 0.0901. The molecule has 0 aliphatic carbocycles. The van der Waals surface area contributed by atoms with Crippen LogP contribution in [0.3, 0.4) is 0 Å². The van der Waals surface area contributed by atoms with Crippen LogP contribution in [0.1, 0.15) is 0 Å². The molecule has 0 atom stereocenters. The molecule has 16 aromatic carbocycles. The fourth-order valence-corrected chi connectivity index (χ4v) is 16.9. The van der Waals surface area contributed by atoms with Crippen LogP contribution in [-0.4, -0.2) is 0 Å². The number of nitrogens with zero attached hydrogens (tertiary/aromatic N) is 4. The number of rotatable bonds is 17. The minimum atomic E-state index is 1.08. The topological polar surface area (TPSA) is 13.0 Å². The Morgan fingerprint density at radius 2 is 0.324 bits per heavy atom. The molecule has 2 aromatic heterocycles. The Hall–Kier alpha value is -12.8. The molecule has 0 N–H and O–H groups in total. The molecule has 0 saturated carbocycles. The van der Waals surface area contributed by atoms with Crippen LogP contribution in [0.15, 0.2) is 400 Å². The molecule has 0 aliphatic heterocycles. The van der Waals surface area contributed by atoms with Gasteiger partial charge in [0.05, 0.1) is 0 Å². The van der Waals surface area contributed by atoms with Gasteiger partial charge in [-0.25, -0.2) is 0 Å². The highest BCUT2D eigenvalue weighted by Crippen LogP contribution is 2.46. The van der Waals surface area contributed by atoms with Gasteiger partial charge in [0.15, 0.2) is 0 Å². The molecule has 0 spiro atoms. The van der Waals surface area contributed by atoms with Crippen molar-refractivity contribution in [1.82, 2.24) is 0 Å². The van der Waals surface area contributed by atoms with Gasteiger partial charge in [0.25, 0.3) is 0 Å². The highest BCUT2D eigenvalue weighted by atomic mass is 32.1. The fraction of sp³-hybridized carbons (Fsp3) is 0. The molecule has 6 heteroatoms. The van der Waals surface area contributed by atoms with E-state index in [4.69, 9.17) is 0 Å². The summed E-state index contributed by atoms with van der Waals surface area (Å²) >= 11 is 3.74. The Balaban J connectivity index is 0.571. The van der Waals surface area contributed by atoms with Gasteiger partial charge in [-0.3, -0.25) is 0 Å². The van der Waals surface area contributed by atoms with Gasteiger partial charge in [0.2, 0.25) is 0 Å². The lowest BCUT2D eigenvalue weighted by molar-refractivity contribution is 1.28. The molecule has 18 rings (SSSR count). The first-order valence-corrected chi connectivity index (χ1v) is 36.2. The molecular formula is C96H66N4S2. The van der Waals surface area contributed by atoms with Crippen molar-refractivity contribution in [3.05, 3.63) is 400 Å². The predicted octanol–water partition coefficient (Wildman–Crippen LogP) is 28.6. The maximum absolute atomic E-state index is 2.34. The van der Waals surface area contributed by atoms with Crippen molar-refractivity contribution in [3.8, 4) is 55.6 Å². The highest BCUT2D eigenvalue weighted by Gasteiger charge is 2.20. The minimum absolute atomic E-state index is 1.08. The zero-order valence-corrected chi connectivity index (χ0v) is 57.3. The maximum Gasteiger partial charge on any atom is 0.0462 e. The van der Waals surface area contributed by atoms with E-state index < -0.39 is 0 Å². The third-order valence-electron chi connectivity index (χ3n) is 19.5. The summed E-state index contributed by atoms with van der Waals surface area (Å²) in [5.41, 5.74) is 24.9. The SMILES string of the molecule is c1ccc(N(c2ccc(-c3ccc(N(c4ccccc4)c4ccc(-c5ccc(N(c6ccccc6)c6ccc(-c7cccc8c7sc7ccccc78)cc6)cc5)cc4)cc3)cc2)c2ccc(-c3ccc(N(c4ccccc4)c4ccc(-c5cccc6c5sc5ccccc56)cc4)cc3)cc2)cc1. The Kier molecular flexibility index (Phi) is 16.3. The van der Waals surface area contributed by atoms with Gasteiger partial charge in [0.1, 0.15) is 0 Å². The van der Waals surface area contributed by atoms with Crippen molar-refractivity contribution in [2.24, 2.45) is 0 Å². The van der Waals surface area contributed by atoms with Crippen molar-refractivity contribution >= 4 is 131 Å². The van der Waals surface area contributed by atoms with E-state index in [-0.39, 0.29) is 0 Å². The van der Waals surface area contributed by atoms with Crippen molar-refractivity contribution in [2.75, 3.05) is 19.6 Å². The van der Waals surface area contributed by atoms with Gasteiger partial charge >= 0.3 is 0 Å². The number of anilines is 12. The monoisotopic (exact) mass is 1340 g/mol. The van der Waals surface area contributed by atoms with Crippen LogP contribution in [0.4, 0.5) is 68.2 Å². The van der Waals surface area contributed by atoms with Gasteiger partial charge in [-0.1, -0.05) is 243 Å². The number of hydrogen-bond acceptors (Lipinski definition) is 6. The van der Waals surface area contributed by atoms with Crippen molar-refractivity contribution in [3.63, 3.8) is 0 Å². The van der Waals surface area contributed by atoms with Crippen LogP contribution < -0.4 is 19.6 Å². The second-order valence-corrected chi connectivity index (χ2v) is 27.7. The number of thiophene rings is 2. The fourth-order valence-electron chi connectivity index (χ4n) is 14.4. The van der Waals surface area contributed by atoms with E-state index in [1.54, 1.807) is 0 Å². The van der Waals surface area contributed by atoms with E-state index in [1.165, 1.54) is 62.6 Å². The molecule has 2 heterocycles. The molecule has 482 valence electrons. The number of fused-ring (bicyclic) bond motifs is 6. The molecule has 0 saturated heterocycles. The summed E-state index contributed by atoms with van der Waals surface area (Å²) < 4.78 is 5.28. The van der Waals surface area contributed by atoms with E-state index in [1.807, 2.05) is 22.7 Å². The van der Waals surface area contributed by atoms with E-state index in [0.29, 0.717) is 0 Å². The van der Waals surface area contributed by atoms with Crippen LogP contribution in [-0.2, 0) is 0 Å².